The lowest BCUT2D eigenvalue weighted by Crippen LogP contribution is -2.51. The number of nitrogens with zero attached hydrogens (tertiary/aromatic N) is 1. The van der Waals surface area contributed by atoms with Crippen LogP contribution in [0.15, 0.2) is 0 Å². The van der Waals surface area contributed by atoms with Gasteiger partial charge in [0, 0.05) is 18.6 Å². The molecule has 0 heterocycles. The van der Waals surface area contributed by atoms with Gasteiger partial charge in [-0.1, -0.05) is 40.5 Å². The third-order valence-corrected chi connectivity index (χ3v) is 3.96. The molecule has 0 spiro atoms. The van der Waals surface area contributed by atoms with E-state index in [9.17, 15) is 0 Å². The Morgan fingerprint density at radius 3 is 2.41 bits per heavy atom. The molecule has 3 atom stereocenters. The van der Waals surface area contributed by atoms with Gasteiger partial charge in [0.05, 0.1) is 0 Å². The number of nitrogens with two attached hydrogens (primary N) is 1. The van der Waals surface area contributed by atoms with E-state index in [1.165, 1.54) is 32.1 Å². The Morgan fingerprint density at radius 2 is 1.88 bits per heavy atom. The summed E-state index contributed by atoms with van der Waals surface area (Å²) in [5.41, 5.74) is 6.68. The topological polar surface area (TPSA) is 29.3 Å². The van der Waals surface area contributed by atoms with Crippen LogP contribution < -0.4 is 5.73 Å². The Bertz CT molecular complexity index is 219. The standard InChI is InChI=1S/C15H32N2/c1-6-7-12-8-9-13(16)14(10-12)17(5)11-15(2,3)4/h12-14H,6-11,16H2,1-5H3. The third-order valence-electron chi connectivity index (χ3n) is 3.96. The molecule has 0 amide bonds. The van der Waals surface area contributed by atoms with Crippen LogP contribution in [0.25, 0.3) is 0 Å². The van der Waals surface area contributed by atoms with Crippen molar-refractivity contribution in [1.82, 2.24) is 4.90 Å². The van der Waals surface area contributed by atoms with Crippen LogP contribution in [-0.4, -0.2) is 30.6 Å². The van der Waals surface area contributed by atoms with E-state index in [0.717, 1.165) is 12.5 Å². The molecule has 17 heavy (non-hydrogen) atoms. The minimum Gasteiger partial charge on any atom is -0.326 e. The van der Waals surface area contributed by atoms with Crippen LogP contribution >= 0.6 is 0 Å². The van der Waals surface area contributed by atoms with Gasteiger partial charge in [-0.15, -0.1) is 0 Å². The highest BCUT2D eigenvalue weighted by atomic mass is 15.2. The fraction of sp³-hybridized carbons (Fsp3) is 1.00. The Hall–Kier alpha value is -0.0800. The zero-order valence-corrected chi connectivity index (χ0v) is 12.5. The number of hydrogen-bond acceptors (Lipinski definition) is 2. The van der Waals surface area contributed by atoms with E-state index in [0.29, 0.717) is 17.5 Å². The molecule has 0 saturated heterocycles. The lowest BCUT2D eigenvalue weighted by Gasteiger charge is -2.41. The second-order valence-corrected chi connectivity index (χ2v) is 7.17. The normalized spacial score (nSPS) is 30.9. The van der Waals surface area contributed by atoms with E-state index in [1.807, 2.05) is 0 Å². The van der Waals surface area contributed by atoms with Crippen LogP contribution in [0.3, 0.4) is 0 Å². The fourth-order valence-electron chi connectivity index (χ4n) is 3.30. The van der Waals surface area contributed by atoms with Crippen LogP contribution in [0, 0.1) is 11.3 Å². The lowest BCUT2D eigenvalue weighted by molar-refractivity contribution is 0.101. The van der Waals surface area contributed by atoms with Gasteiger partial charge in [-0.05, 0) is 37.6 Å². The van der Waals surface area contributed by atoms with Crippen molar-refractivity contribution in [2.75, 3.05) is 13.6 Å². The zero-order valence-electron chi connectivity index (χ0n) is 12.5. The van der Waals surface area contributed by atoms with Gasteiger partial charge < -0.3 is 10.6 Å². The summed E-state index contributed by atoms with van der Waals surface area (Å²) in [5, 5.41) is 0. The molecule has 2 heteroatoms. The molecular weight excluding hydrogens is 208 g/mol. The molecule has 0 aromatic heterocycles. The van der Waals surface area contributed by atoms with Gasteiger partial charge in [-0.2, -0.15) is 0 Å². The molecule has 0 bridgehead atoms. The maximum atomic E-state index is 6.32. The summed E-state index contributed by atoms with van der Waals surface area (Å²) in [6, 6.07) is 0.981. The average Bonchev–Trinajstić information content (AvgIpc) is 2.18. The second kappa shape index (κ2) is 6.19. The highest BCUT2D eigenvalue weighted by molar-refractivity contribution is 4.89. The van der Waals surface area contributed by atoms with Gasteiger partial charge in [-0.25, -0.2) is 0 Å². The van der Waals surface area contributed by atoms with Gasteiger partial charge in [0.2, 0.25) is 0 Å². The second-order valence-electron chi connectivity index (χ2n) is 7.17. The molecule has 1 aliphatic carbocycles. The molecule has 3 unspecified atom stereocenters. The van der Waals surface area contributed by atoms with Gasteiger partial charge in [-0.3, -0.25) is 0 Å². The van der Waals surface area contributed by atoms with Crippen molar-refractivity contribution in [1.29, 1.82) is 0 Å². The van der Waals surface area contributed by atoms with Crippen molar-refractivity contribution in [2.24, 2.45) is 17.1 Å². The quantitative estimate of drug-likeness (QED) is 0.817. The first kappa shape index (κ1) is 15.0. The summed E-state index contributed by atoms with van der Waals surface area (Å²) in [6.07, 6.45) is 6.56. The lowest BCUT2D eigenvalue weighted by atomic mass is 9.79. The van der Waals surface area contributed by atoms with Crippen LogP contribution in [0.1, 0.15) is 59.8 Å². The summed E-state index contributed by atoms with van der Waals surface area (Å²) < 4.78 is 0. The minimum atomic E-state index is 0.367. The number of likely N-dealkylation sites (N-methyl/N-ethyl adjacent to an activating group) is 1. The van der Waals surface area contributed by atoms with Gasteiger partial charge in [0.15, 0.2) is 0 Å². The van der Waals surface area contributed by atoms with E-state index < -0.39 is 0 Å². The van der Waals surface area contributed by atoms with Crippen LogP contribution in [0.5, 0.6) is 0 Å². The predicted octanol–water partition coefficient (Wildman–Crippen LogP) is 3.26. The van der Waals surface area contributed by atoms with E-state index in [-0.39, 0.29) is 0 Å². The van der Waals surface area contributed by atoms with Crippen molar-refractivity contribution in [3.05, 3.63) is 0 Å². The van der Waals surface area contributed by atoms with E-state index in [4.69, 9.17) is 5.73 Å². The maximum Gasteiger partial charge on any atom is 0.0247 e. The molecule has 1 saturated carbocycles. The van der Waals surface area contributed by atoms with Crippen LogP contribution in [0.2, 0.25) is 0 Å². The molecule has 0 aromatic carbocycles. The fourth-order valence-corrected chi connectivity index (χ4v) is 3.30. The first-order valence-corrected chi connectivity index (χ1v) is 7.29. The smallest absolute Gasteiger partial charge is 0.0247 e. The third kappa shape index (κ3) is 4.97. The summed E-state index contributed by atoms with van der Waals surface area (Å²) in [4.78, 5) is 2.51. The Labute approximate surface area is 108 Å². The zero-order chi connectivity index (χ0) is 13.1. The minimum absolute atomic E-state index is 0.367. The van der Waals surface area contributed by atoms with Gasteiger partial charge >= 0.3 is 0 Å². The van der Waals surface area contributed by atoms with E-state index in [2.05, 4.69) is 39.6 Å². The maximum absolute atomic E-state index is 6.32. The molecule has 1 rings (SSSR count). The predicted molar refractivity (Wildman–Crippen MR) is 76.1 cm³/mol. The Morgan fingerprint density at radius 1 is 1.24 bits per heavy atom. The van der Waals surface area contributed by atoms with Crippen molar-refractivity contribution in [3.63, 3.8) is 0 Å². The number of hydrogen-bond donors (Lipinski definition) is 1. The van der Waals surface area contributed by atoms with E-state index >= 15 is 0 Å². The van der Waals surface area contributed by atoms with Crippen LogP contribution in [-0.2, 0) is 0 Å². The SMILES string of the molecule is CCCC1CCC(N)C(N(C)CC(C)(C)C)C1. The molecular formula is C15H32N2. The Kier molecular flexibility index (Phi) is 5.46. The molecule has 102 valence electrons. The Balaban J connectivity index is 2.54. The highest BCUT2D eigenvalue weighted by Gasteiger charge is 2.31. The van der Waals surface area contributed by atoms with Crippen molar-refractivity contribution >= 4 is 0 Å². The first-order chi connectivity index (χ1) is 7.83. The molecule has 0 radical (unpaired) electrons. The summed E-state index contributed by atoms with van der Waals surface area (Å²) in [7, 11) is 2.25. The molecule has 1 fully saturated rings. The molecule has 1 aliphatic rings. The summed E-state index contributed by atoms with van der Waals surface area (Å²) >= 11 is 0. The molecule has 2 N–H and O–H groups in total. The summed E-state index contributed by atoms with van der Waals surface area (Å²) in [5.74, 6) is 0.909. The van der Waals surface area contributed by atoms with E-state index in [1.54, 1.807) is 0 Å². The molecule has 2 nitrogen and oxygen atoms in total. The molecule has 0 aromatic rings. The van der Waals surface area contributed by atoms with Crippen molar-refractivity contribution in [3.8, 4) is 0 Å². The van der Waals surface area contributed by atoms with Gasteiger partial charge in [0.25, 0.3) is 0 Å². The van der Waals surface area contributed by atoms with Gasteiger partial charge in [0.1, 0.15) is 0 Å². The number of rotatable bonds is 4. The van der Waals surface area contributed by atoms with Crippen molar-refractivity contribution < 1.29 is 0 Å². The largest absolute Gasteiger partial charge is 0.326 e. The molecule has 0 aliphatic heterocycles. The van der Waals surface area contributed by atoms with Crippen molar-refractivity contribution in [2.45, 2.75) is 71.9 Å². The monoisotopic (exact) mass is 240 g/mol. The summed E-state index contributed by atoms with van der Waals surface area (Å²) in [6.45, 7) is 10.4. The average molecular weight is 240 g/mol. The highest BCUT2D eigenvalue weighted by Crippen LogP contribution is 2.30. The van der Waals surface area contributed by atoms with Crippen LogP contribution in [0.4, 0.5) is 0 Å². The first-order valence-electron chi connectivity index (χ1n) is 7.29.